The van der Waals surface area contributed by atoms with Crippen LogP contribution in [0.1, 0.15) is 52.7 Å². The molecule has 0 bridgehead atoms. The molecule has 0 unspecified atom stereocenters. The van der Waals surface area contributed by atoms with Crippen LogP contribution in [0.5, 0.6) is 0 Å². The zero-order valence-electron chi connectivity index (χ0n) is 48.8. The van der Waals surface area contributed by atoms with Gasteiger partial charge in [-0.15, -0.1) is 0 Å². The Balaban J connectivity index is 0.966. The summed E-state index contributed by atoms with van der Waals surface area (Å²) in [5.41, 5.74) is 22.2. The standard InChI is InChI=1S/C81H57N5/c1-80(2,3)50-41-59(49-34-36-70-61(39-49)57-30-18-20-32-68(57)84(70)53-25-11-8-12-26-53)75-62(42-50)63-43-51(81(4,5)6)44-66-74-71(85(75)76(63)66)45-65-73-55-28-16-14-22-47(55)40-64-72-54-27-15-13-21-46(54)37-58(77(72)86(78(64)73)79(65)82-74)48-33-35-69-60(38-48)56-29-17-19-31-67(56)83(69)52-23-9-7-10-24-52/h7-45H,1-6H3. The van der Waals surface area contributed by atoms with Crippen molar-refractivity contribution in [3.8, 4) is 33.6 Å². The fourth-order valence-electron chi connectivity index (χ4n) is 15.4. The summed E-state index contributed by atoms with van der Waals surface area (Å²) in [6, 6.07) is 89.1. The van der Waals surface area contributed by atoms with Crippen molar-refractivity contribution in [2.75, 3.05) is 0 Å². The first-order valence-electron chi connectivity index (χ1n) is 30.3. The number of hydrogen-bond acceptors (Lipinski definition) is 1. The van der Waals surface area contributed by atoms with Crippen molar-refractivity contribution in [1.82, 2.24) is 22.9 Å². The molecule has 0 aliphatic carbocycles. The van der Waals surface area contributed by atoms with E-state index < -0.39 is 0 Å². The summed E-state index contributed by atoms with van der Waals surface area (Å²) in [7, 11) is 0. The zero-order valence-corrected chi connectivity index (χ0v) is 48.8. The molecule has 0 radical (unpaired) electrons. The van der Waals surface area contributed by atoms with Crippen LogP contribution in [0.3, 0.4) is 0 Å². The largest absolute Gasteiger partial charge is 0.309 e. The molecule has 7 aromatic heterocycles. The van der Waals surface area contributed by atoms with Gasteiger partial charge in [0.05, 0.1) is 55.2 Å². The van der Waals surface area contributed by atoms with Gasteiger partial charge in [-0.1, -0.05) is 175 Å². The number of rotatable bonds is 4. The molecule has 0 atom stereocenters. The molecule has 0 amide bonds. The third-order valence-electron chi connectivity index (χ3n) is 19.4. The topological polar surface area (TPSA) is 31.6 Å². The number of para-hydroxylation sites is 4. The summed E-state index contributed by atoms with van der Waals surface area (Å²) >= 11 is 0. The van der Waals surface area contributed by atoms with Gasteiger partial charge in [0.2, 0.25) is 0 Å². The third-order valence-corrected chi connectivity index (χ3v) is 19.4. The van der Waals surface area contributed by atoms with Crippen LogP contribution in [0, 0.1) is 0 Å². The number of aromatic nitrogens is 5. The Bertz CT molecular complexity index is 6130. The predicted molar refractivity (Wildman–Crippen MR) is 366 cm³/mol. The normalized spacial score (nSPS) is 13.0. The Morgan fingerprint density at radius 1 is 0.291 bits per heavy atom. The van der Waals surface area contributed by atoms with Crippen molar-refractivity contribution in [3.05, 3.63) is 248 Å². The summed E-state index contributed by atoms with van der Waals surface area (Å²) in [5, 5.41) is 18.5. The number of nitrogens with zero attached hydrogens (tertiary/aromatic N) is 5. The molecule has 0 spiro atoms. The molecular formula is C81H57N5. The van der Waals surface area contributed by atoms with Crippen LogP contribution in [-0.4, -0.2) is 22.9 Å². The van der Waals surface area contributed by atoms with E-state index in [4.69, 9.17) is 4.98 Å². The summed E-state index contributed by atoms with van der Waals surface area (Å²) in [4.78, 5) is 6.19. The molecule has 0 fully saturated rings. The highest BCUT2D eigenvalue weighted by Crippen LogP contribution is 2.52. The first-order chi connectivity index (χ1) is 41.9. The summed E-state index contributed by atoms with van der Waals surface area (Å²) in [6.07, 6.45) is 0. The molecule has 5 heteroatoms. The molecule has 406 valence electrons. The van der Waals surface area contributed by atoms with Crippen LogP contribution in [-0.2, 0) is 10.8 Å². The van der Waals surface area contributed by atoms with Gasteiger partial charge in [-0.2, -0.15) is 0 Å². The maximum atomic E-state index is 6.19. The number of pyridine rings is 1. The lowest BCUT2D eigenvalue weighted by molar-refractivity contribution is 0.591. The monoisotopic (exact) mass is 1100 g/mol. The minimum Gasteiger partial charge on any atom is -0.309 e. The van der Waals surface area contributed by atoms with E-state index in [2.05, 4.69) is 296 Å². The van der Waals surface area contributed by atoms with Crippen molar-refractivity contribution in [2.45, 2.75) is 52.4 Å². The minimum atomic E-state index is -0.135. The van der Waals surface area contributed by atoms with E-state index in [0.717, 1.165) is 33.4 Å². The first kappa shape index (κ1) is 47.9. The second-order valence-electron chi connectivity index (χ2n) is 26.3. The van der Waals surface area contributed by atoms with Crippen LogP contribution < -0.4 is 0 Å². The zero-order chi connectivity index (χ0) is 57.2. The van der Waals surface area contributed by atoms with Crippen molar-refractivity contribution in [1.29, 1.82) is 0 Å². The summed E-state index contributed by atoms with van der Waals surface area (Å²) in [5.74, 6) is 0. The van der Waals surface area contributed by atoms with E-state index in [0.29, 0.717) is 0 Å². The molecule has 86 heavy (non-hydrogen) atoms. The first-order valence-corrected chi connectivity index (χ1v) is 30.3. The highest BCUT2D eigenvalue weighted by Gasteiger charge is 2.31. The summed E-state index contributed by atoms with van der Waals surface area (Å²) < 4.78 is 10.0. The van der Waals surface area contributed by atoms with E-state index >= 15 is 0 Å². The molecular weight excluding hydrogens is 1040 g/mol. The predicted octanol–water partition coefficient (Wildman–Crippen LogP) is 21.8. The Morgan fingerprint density at radius 2 is 0.756 bits per heavy atom. The highest BCUT2D eigenvalue weighted by atomic mass is 15.0. The smallest absolute Gasteiger partial charge is 0.146 e. The Labute approximate surface area is 495 Å². The van der Waals surface area contributed by atoms with Crippen molar-refractivity contribution >= 4 is 142 Å². The molecule has 0 saturated carbocycles. The average Bonchev–Trinajstić information content (AvgIpc) is 1.54. The SMILES string of the molecule is CC(C)(C)c1cc(-c2ccc3c(c2)c2ccccc2n3-c2ccccc2)c2c(c1)c1cc(C(C)(C)C)cc3c4nc5c(cc4n2c13)c1c2ccccc2cc2c3c4ccccc4cc(-c4ccc6c(c4)c4ccccc4n6-c4ccccc4)c3n5c21. The van der Waals surface area contributed by atoms with Crippen LogP contribution in [0.25, 0.3) is 175 Å². The van der Waals surface area contributed by atoms with Gasteiger partial charge in [0, 0.05) is 81.8 Å². The van der Waals surface area contributed by atoms with Gasteiger partial charge in [0.25, 0.3) is 0 Å². The molecule has 0 aliphatic rings. The fraction of sp³-hybridized carbons (Fsp3) is 0.0988. The Kier molecular flexibility index (Phi) is 9.28. The third kappa shape index (κ3) is 6.31. The van der Waals surface area contributed by atoms with Crippen LogP contribution >= 0.6 is 0 Å². The van der Waals surface area contributed by atoms with E-state index in [1.54, 1.807) is 0 Å². The van der Waals surface area contributed by atoms with Gasteiger partial charge < -0.3 is 13.5 Å². The van der Waals surface area contributed by atoms with Crippen LogP contribution in [0.2, 0.25) is 0 Å². The van der Waals surface area contributed by atoms with Gasteiger partial charge in [-0.05, 0) is 158 Å². The maximum absolute atomic E-state index is 6.19. The van der Waals surface area contributed by atoms with Gasteiger partial charge in [0.15, 0.2) is 0 Å². The lowest BCUT2D eigenvalue weighted by Crippen LogP contribution is -2.11. The molecule has 0 N–H and O–H groups in total. The quantitative estimate of drug-likeness (QED) is 0.173. The Hall–Kier alpha value is -10.5. The van der Waals surface area contributed by atoms with E-state index in [9.17, 15) is 0 Å². The molecule has 12 aromatic carbocycles. The van der Waals surface area contributed by atoms with E-state index in [1.165, 1.54) is 153 Å². The molecule has 19 aromatic rings. The van der Waals surface area contributed by atoms with Crippen molar-refractivity contribution in [3.63, 3.8) is 0 Å². The highest BCUT2D eigenvalue weighted by molar-refractivity contribution is 6.37. The number of benzene rings is 12. The Morgan fingerprint density at radius 3 is 1.34 bits per heavy atom. The maximum Gasteiger partial charge on any atom is 0.146 e. The fourth-order valence-corrected chi connectivity index (χ4v) is 15.4. The molecule has 7 heterocycles. The van der Waals surface area contributed by atoms with E-state index in [1.807, 2.05) is 0 Å². The second-order valence-corrected chi connectivity index (χ2v) is 26.3. The second kappa shape index (κ2) is 16.6. The number of hydrogen-bond donors (Lipinski definition) is 0. The van der Waals surface area contributed by atoms with Gasteiger partial charge in [0.1, 0.15) is 5.65 Å². The summed E-state index contributed by atoms with van der Waals surface area (Å²) in [6.45, 7) is 14.1. The van der Waals surface area contributed by atoms with Gasteiger partial charge in [-0.3, -0.25) is 4.40 Å². The lowest BCUT2D eigenvalue weighted by atomic mass is 9.83. The average molecular weight is 1100 g/mol. The number of fused-ring (bicyclic) bond motifs is 22. The lowest BCUT2D eigenvalue weighted by Gasteiger charge is -2.22. The van der Waals surface area contributed by atoms with Crippen LogP contribution in [0.4, 0.5) is 0 Å². The molecule has 0 saturated heterocycles. The molecule has 0 aliphatic heterocycles. The van der Waals surface area contributed by atoms with E-state index in [-0.39, 0.29) is 10.8 Å². The molecule has 5 nitrogen and oxygen atoms in total. The van der Waals surface area contributed by atoms with Crippen LogP contribution in [0.15, 0.2) is 237 Å². The van der Waals surface area contributed by atoms with Gasteiger partial charge >= 0.3 is 0 Å². The van der Waals surface area contributed by atoms with Crippen molar-refractivity contribution in [2.24, 2.45) is 0 Å². The van der Waals surface area contributed by atoms with Crippen molar-refractivity contribution < 1.29 is 0 Å². The van der Waals surface area contributed by atoms with Gasteiger partial charge in [-0.25, -0.2) is 4.98 Å². The minimum absolute atomic E-state index is 0.118. The molecule has 19 rings (SSSR count).